The molecule has 0 unspecified atom stereocenters. The van der Waals surface area contributed by atoms with Crippen LogP contribution >= 0.6 is 0 Å². The molecule has 1 atom stereocenters. The topological polar surface area (TPSA) is 48.1 Å². The molecule has 0 spiro atoms. The molecule has 2 rings (SSSR count). The Kier molecular flexibility index (Phi) is 5.07. The van der Waals surface area contributed by atoms with Crippen LogP contribution in [0, 0.1) is 0 Å². The van der Waals surface area contributed by atoms with Gasteiger partial charge in [-0.25, -0.2) is 4.39 Å². The van der Waals surface area contributed by atoms with Crippen molar-refractivity contribution in [3.63, 3.8) is 0 Å². The third kappa shape index (κ3) is 3.78. The molecule has 1 aromatic carbocycles. The van der Waals surface area contributed by atoms with E-state index in [-0.39, 0.29) is 13.2 Å². The number of aromatic nitrogens is 1. The van der Waals surface area contributed by atoms with Gasteiger partial charge in [0.15, 0.2) is 0 Å². The summed E-state index contributed by atoms with van der Waals surface area (Å²) in [7, 11) is 0. The van der Waals surface area contributed by atoms with Crippen molar-refractivity contribution in [3.8, 4) is 16.9 Å². The lowest BCUT2D eigenvalue weighted by Crippen LogP contribution is -2.22. The van der Waals surface area contributed by atoms with Gasteiger partial charge in [-0.2, -0.15) is 0 Å². The summed E-state index contributed by atoms with van der Waals surface area (Å²) in [6.07, 6.45) is 3.29. The third-order valence-electron chi connectivity index (χ3n) is 3.06. The average Bonchev–Trinajstić information content (AvgIpc) is 2.53. The molecule has 1 aromatic heterocycles. The standard InChI is InChI=1S/C16H19FN2O/c1-2-12-6-14(13-4-3-5-19-10-13)8-16(7-12)20-11-15(17)9-18/h3-8,10,15H,2,9,11,18H2,1H3/t15-/m1/s1. The molecule has 0 bridgehead atoms. The summed E-state index contributed by atoms with van der Waals surface area (Å²) in [5, 5.41) is 0. The van der Waals surface area contributed by atoms with E-state index in [0.717, 1.165) is 23.1 Å². The van der Waals surface area contributed by atoms with Crippen molar-refractivity contribution in [2.24, 2.45) is 5.73 Å². The molecule has 0 aliphatic rings. The van der Waals surface area contributed by atoms with Gasteiger partial charge in [0.05, 0.1) is 0 Å². The largest absolute Gasteiger partial charge is 0.490 e. The Morgan fingerprint density at radius 2 is 2.15 bits per heavy atom. The molecule has 2 N–H and O–H groups in total. The minimum absolute atomic E-state index is 0.0177. The van der Waals surface area contributed by atoms with Crippen LogP contribution in [-0.2, 0) is 6.42 Å². The normalized spacial score (nSPS) is 12.2. The first-order valence-electron chi connectivity index (χ1n) is 6.74. The van der Waals surface area contributed by atoms with Gasteiger partial charge in [0, 0.05) is 24.5 Å². The molecule has 20 heavy (non-hydrogen) atoms. The average molecular weight is 274 g/mol. The van der Waals surface area contributed by atoms with Crippen LogP contribution in [-0.4, -0.2) is 24.3 Å². The van der Waals surface area contributed by atoms with Gasteiger partial charge < -0.3 is 10.5 Å². The van der Waals surface area contributed by atoms with Gasteiger partial charge in [-0.3, -0.25) is 4.98 Å². The predicted octanol–water partition coefficient (Wildman–Crippen LogP) is 2.99. The van der Waals surface area contributed by atoms with Crippen LogP contribution in [0.2, 0.25) is 0 Å². The molecule has 0 aliphatic heterocycles. The Labute approximate surface area is 118 Å². The number of ether oxygens (including phenoxy) is 1. The second kappa shape index (κ2) is 7.01. The maximum atomic E-state index is 13.2. The fourth-order valence-electron chi connectivity index (χ4n) is 1.90. The van der Waals surface area contributed by atoms with E-state index in [2.05, 4.69) is 18.0 Å². The van der Waals surface area contributed by atoms with Gasteiger partial charge in [-0.05, 0) is 35.7 Å². The summed E-state index contributed by atoms with van der Waals surface area (Å²) < 4.78 is 18.7. The number of nitrogens with two attached hydrogens (primary N) is 1. The first-order chi connectivity index (χ1) is 9.72. The van der Waals surface area contributed by atoms with E-state index in [0.29, 0.717) is 5.75 Å². The number of pyridine rings is 1. The van der Waals surface area contributed by atoms with E-state index in [4.69, 9.17) is 10.5 Å². The van der Waals surface area contributed by atoms with Crippen LogP contribution in [0.3, 0.4) is 0 Å². The summed E-state index contributed by atoms with van der Waals surface area (Å²) in [5.41, 5.74) is 8.43. The first-order valence-corrected chi connectivity index (χ1v) is 6.74. The highest BCUT2D eigenvalue weighted by Crippen LogP contribution is 2.26. The lowest BCUT2D eigenvalue weighted by Gasteiger charge is -2.12. The highest BCUT2D eigenvalue weighted by molar-refractivity contribution is 5.65. The highest BCUT2D eigenvalue weighted by Gasteiger charge is 2.07. The molecular weight excluding hydrogens is 255 g/mol. The summed E-state index contributed by atoms with van der Waals surface area (Å²) in [4.78, 5) is 4.12. The van der Waals surface area contributed by atoms with Crippen molar-refractivity contribution in [1.82, 2.24) is 4.98 Å². The first kappa shape index (κ1) is 14.5. The van der Waals surface area contributed by atoms with Crippen LogP contribution in [0.25, 0.3) is 11.1 Å². The van der Waals surface area contributed by atoms with Crippen molar-refractivity contribution in [3.05, 3.63) is 48.3 Å². The van der Waals surface area contributed by atoms with E-state index in [1.54, 1.807) is 12.4 Å². The van der Waals surface area contributed by atoms with Gasteiger partial charge in [0.2, 0.25) is 0 Å². The molecule has 0 amide bonds. The number of rotatable bonds is 6. The zero-order valence-electron chi connectivity index (χ0n) is 11.6. The van der Waals surface area contributed by atoms with Crippen molar-refractivity contribution in [1.29, 1.82) is 0 Å². The Morgan fingerprint density at radius 1 is 1.30 bits per heavy atom. The Bertz CT molecular complexity index is 545. The fraction of sp³-hybridized carbons (Fsp3) is 0.312. The maximum Gasteiger partial charge on any atom is 0.146 e. The van der Waals surface area contributed by atoms with Gasteiger partial charge in [-0.1, -0.05) is 19.1 Å². The fourth-order valence-corrected chi connectivity index (χ4v) is 1.90. The number of aryl methyl sites for hydroxylation is 1. The number of halogens is 1. The lowest BCUT2D eigenvalue weighted by atomic mass is 10.0. The van der Waals surface area contributed by atoms with Gasteiger partial charge >= 0.3 is 0 Å². The summed E-state index contributed by atoms with van der Waals surface area (Å²) in [6.45, 7) is 2.03. The van der Waals surface area contributed by atoms with E-state index in [1.165, 1.54) is 0 Å². The number of hydrogen-bond donors (Lipinski definition) is 1. The second-order valence-electron chi connectivity index (χ2n) is 4.60. The summed E-state index contributed by atoms with van der Waals surface area (Å²) >= 11 is 0. The number of alkyl halides is 1. The Balaban J connectivity index is 2.25. The zero-order valence-corrected chi connectivity index (χ0v) is 11.6. The molecule has 106 valence electrons. The second-order valence-corrected chi connectivity index (χ2v) is 4.60. The zero-order chi connectivity index (χ0) is 14.4. The monoisotopic (exact) mass is 274 g/mol. The van der Waals surface area contributed by atoms with Gasteiger partial charge in [0.25, 0.3) is 0 Å². The smallest absolute Gasteiger partial charge is 0.146 e. The van der Waals surface area contributed by atoms with Crippen molar-refractivity contribution in [2.45, 2.75) is 19.5 Å². The minimum Gasteiger partial charge on any atom is -0.490 e. The SMILES string of the molecule is CCc1cc(OC[C@H](F)CN)cc(-c2cccnc2)c1. The van der Waals surface area contributed by atoms with E-state index < -0.39 is 6.17 Å². The Hall–Kier alpha value is -1.94. The molecule has 0 saturated heterocycles. The lowest BCUT2D eigenvalue weighted by molar-refractivity contribution is 0.201. The summed E-state index contributed by atoms with van der Waals surface area (Å²) in [5.74, 6) is 0.666. The van der Waals surface area contributed by atoms with Crippen LogP contribution in [0.5, 0.6) is 5.75 Å². The van der Waals surface area contributed by atoms with Gasteiger partial charge in [-0.15, -0.1) is 0 Å². The molecule has 0 aliphatic carbocycles. The quantitative estimate of drug-likeness (QED) is 0.881. The molecular formula is C16H19FN2O. The maximum absolute atomic E-state index is 13.2. The van der Waals surface area contributed by atoms with Crippen LogP contribution < -0.4 is 10.5 Å². The minimum atomic E-state index is -1.14. The predicted molar refractivity (Wildman–Crippen MR) is 78.5 cm³/mol. The molecule has 4 heteroatoms. The van der Waals surface area contributed by atoms with Crippen LogP contribution in [0.1, 0.15) is 12.5 Å². The highest BCUT2D eigenvalue weighted by atomic mass is 19.1. The van der Waals surface area contributed by atoms with E-state index in [9.17, 15) is 4.39 Å². The molecule has 2 aromatic rings. The van der Waals surface area contributed by atoms with E-state index in [1.807, 2.05) is 24.3 Å². The van der Waals surface area contributed by atoms with Crippen LogP contribution in [0.4, 0.5) is 4.39 Å². The molecule has 0 radical (unpaired) electrons. The number of benzene rings is 1. The molecule has 1 heterocycles. The van der Waals surface area contributed by atoms with Crippen LogP contribution in [0.15, 0.2) is 42.7 Å². The van der Waals surface area contributed by atoms with Crippen molar-refractivity contribution >= 4 is 0 Å². The third-order valence-corrected chi connectivity index (χ3v) is 3.06. The number of nitrogens with zero attached hydrogens (tertiary/aromatic N) is 1. The molecule has 0 fully saturated rings. The molecule has 0 saturated carbocycles. The van der Waals surface area contributed by atoms with E-state index >= 15 is 0 Å². The van der Waals surface area contributed by atoms with Gasteiger partial charge in [0.1, 0.15) is 18.5 Å². The molecule has 3 nitrogen and oxygen atoms in total. The van der Waals surface area contributed by atoms with Crippen molar-refractivity contribution < 1.29 is 9.13 Å². The Morgan fingerprint density at radius 3 is 2.80 bits per heavy atom. The number of hydrogen-bond acceptors (Lipinski definition) is 3. The van der Waals surface area contributed by atoms with Crippen molar-refractivity contribution in [2.75, 3.05) is 13.2 Å². The summed E-state index contributed by atoms with van der Waals surface area (Å²) in [6, 6.07) is 9.81.